The second-order valence-corrected chi connectivity index (χ2v) is 6.78. The highest BCUT2D eigenvalue weighted by atomic mass is 19.2. The van der Waals surface area contributed by atoms with Crippen LogP contribution in [0.1, 0.15) is 34.8 Å². The van der Waals surface area contributed by atoms with Crippen molar-refractivity contribution in [1.29, 1.82) is 0 Å². The number of hydrogen-bond donors (Lipinski definition) is 1. The summed E-state index contributed by atoms with van der Waals surface area (Å²) in [4.78, 5) is 17.3. The molecular formula is C20H18F3N3O3. The van der Waals surface area contributed by atoms with Crippen molar-refractivity contribution in [3.05, 3.63) is 59.3 Å². The molecule has 2 aromatic heterocycles. The molecule has 1 amide bonds. The number of carbonyl (C=O) groups excluding carboxylic acids is 1. The van der Waals surface area contributed by atoms with Gasteiger partial charge in [-0.25, -0.2) is 18.2 Å². The van der Waals surface area contributed by atoms with Gasteiger partial charge in [-0.2, -0.15) is 0 Å². The number of imidazole rings is 1. The number of rotatable bonds is 4. The van der Waals surface area contributed by atoms with Crippen LogP contribution in [0.5, 0.6) is 5.75 Å². The Kier molecular flexibility index (Phi) is 5.14. The van der Waals surface area contributed by atoms with Gasteiger partial charge in [-0.05, 0) is 12.8 Å². The van der Waals surface area contributed by atoms with Gasteiger partial charge in [0.05, 0.1) is 24.1 Å². The Morgan fingerprint density at radius 1 is 1.21 bits per heavy atom. The maximum atomic E-state index is 13.9. The van der Waals surface area contributed by atoms with Crippen LogP contribution in [0, 0.1) is 17.5 Å². The van der Waals surface area contributed by atoms with Gasteiger partial charge in [0.25, 0.3) is 5.91 Å². The highest BCUT2D eigenvalue weighted by molar-refractivity contribution is 6.06. The van der Waals surface area contributed by atoms with Crippen molar-refractivity contribution in [3.8, 4) is 5.75 Å². The van der Waals surface area contributed by atoms with E-state index in [0.29, 0.717) is 31.0 Å². The molecule has 1 fully saturated rings. The fraction of sp³-hybridized carbons (Fsp3) is 0.300. The molecule has 3 heterocycles. The number of amides is 1. The molecule has 3 aromatic rings. The maximum absolute atomic E-state index is 13.9. The van der Waals surface area contributed by atoms with E-state index in [9.17, 15) is 18.0 Å². The lowest BCUT2D eigenvalue weighted by Gasteiger charge is -2.19. The van der Waals surface area contributed by atoms with Crippen molar-refractivity contribution >= 4 is 17.2 Å². The first-order valence-electron chi connectivity index (χ1n) is 9.06. The molecule has 0 spiro atoms. The van der Waals surface area contributed by atoms with Gasteiger partial charge in [-0.15, -0.1) is 0 Å². The van der Waals surface area contributed by atoms with Crippen LogP contribution in [0.15, 0.2) is 30.6 Å². The molecule has 1 aliphatic heterocycles. The molecular weight excluding hydrogens is 387 g/mol. The Hall–Kier alpha value is -3.07. The van der Waals surface area contributed by atoms with E-state index >= 15 is 0 Å². The lowest BCUT2D eigenvalue weighted by Crippen LogP contribution is -2.15. The normalized spacial score (nSPS) is 14.9. The zero-order valence-corrected chi connectivity index (χ0v) is 15.5. The third kappa shape index (κ3) is 3.77. The number of benzene rings is 1. The van der Waals surface area contributed by atoms with Gasteiger partial charge in [0, 0.05) is 49.7 Å². The number of nitrogens with one attached hydrogen (secondary N) is 1. The van der Waals surface area contributed by atoms with E-state index in [4.69, 9.17) is 9.47 Å². The van der Waals surface area contributed by atoms with Gasteiger partial charge in [0.1, 0.15) is 17.2 Å². The van der Waals surface area contributed by atoms with E-state index in [1.807, 2.05) is 6.20 Å². The number of carbonyl (C=O) groups is 1. The van der Waals surface area contributed by atoms with E-state index in [2.05, 4.69) is 10.3 Å². The second-order valence-electron chi connectivity index (χ2n) is 6.78. The first-order valence-corrected chi connectivity index (χ1v) is 9.06. The minimum absolute atomic E-state index is 0.0694. The number of aromatic nitrogens is 2. The highest BCUT2D eigenvalue weighted by Crippen LogP contribution is 2.29. The van der Waals surface area contributed by atoms with Crippen LogP contribution in [-0.4, -0.2) is 35.6 Å². The smallest absolute Gasteiger partial charge is 0.261 e. The Morgan fingerprint density at radius 3 is 2.69 bits per heavy atom. The fourth-order valence-electron chi connectivity index (χ4n) is 3.40. The maximum Gasteiger partial charge on any atom is 0.261 e. The molecule has 0 saturated carbocycles. The first-order chi connectivity index (χ1) is 14.0. The molecule has 0 radical (unpaired) electrons. The number of nitrogens with zero attached hydrogens (tertiary/aromatic N) is 2. The van der Waals surface area contributed by atoms with Crippen LogP contribution in [-0.2, 0) is 4.74 Å². The predicted octanol–water partition coefficient (Wildman–Crippen LogP) is 3.91. The zero-order valence-electron chi connectivity index (χ0n) is 15.5. The zero-order chi connectivity index (χ0) is 20.5. The number of fused-ring (bicyclic) bond motifs is 1. The molecule has 1 aliphatic rings. The van der Waals surface area contributed by atoms with E-state index in [1.165, 1.54) is 13.3 Å². The average molecular weight is 405 g/mol. The summed E-state index contributed by atoms with van der Waals surface area (Å²) in [5, 5.41) is 2.19. The molecule has 0 atom stereocenters. The largest absolute Gasteiger partial charge is 0.496 e. The Bertz CT molecular complexity index is 1080. The molecule has 4 rings (SSSR count). The quantitative estimate of drug-likeness (QED) is 0.669. The number of methoxy groups -OCH3 is 1. The fourth-order valence-corrected chi connectivity index (χ4v) is 3.40. The van der Waals surface area contributed by atoms with Crippen LogP contribution in [0.4, 0.5) is 18.9 Å². The number of pyridine rings is 1. The van der Waals surface area contributed by atoms with Crippen molar-refractivity contribution in [2.75, 3.05) is 25.6 Å². The highest BCUT2D eigenvalue weighted by Gasteiger charge is 2.22. The number of halogens is 3. The Balaban J connectivity index is 1.68. The van der Waals surface area contributed by atoms with Crippen molar-refractivity contribution < 1.29 is 27.4 Å². The van der Waals surface area contributed by atoms with Crippen LogP contribution in [0.3, 0.4) is 0 Å². The molecule has 1 saturated heterocycles. The molecule has 0 unspecified atom stereocenters. The SMILES string of the molecule is COc1cc2nc(C3CCOCC3)cn2cc1C(=O)Nc1cc(F)cc(F)c1F. The lowest BCUT2D eigenvalue weighted by molar-refractivity contribution is 0.0846. The van der Waals surface area contributed by atoms with Gasteiger partial charge in [-0.1, -0.05) is 0 Å². The Morgan fingerprint density at radius 2 is 1.97 bits per heavy atom. The van der Waals surface area contributed by atoms with Crippen LogP contribution >= 0.6 is 0 Å². The number of anilines is 1. The van der Waals surface area contributed by atoms with Gasteiger partial charge >= 0.3 is 0 Å². The van der Waals surface area contributed by atoms with E-state index in [0.717, 1.165) is 18.5 Å². The van der Waals surface area contributed by atoms with Crippen LogP contribution in [0.2, 0.25) is 0 Å². The monoisotopic (exact) mass is 405 g/mol. The summed E-state index contributed by atoms with van der Waals surface area (Å²) >= 11 is 0. The molecule has 9 heteroatoms. The summed E-state index contributed by atoms with van der Waals surface area (Å²) in [6.45, 7) is 1.34. The van der Waals surface area contributed by atoms with E-state index in [-0.39, 0.29) is 17.2 Å². The van der Waals surface area contributed by atoms with Crippen LogP contribution < -0.4 is 10.1 Å². The molecule has 1 N–H and O–H groups in total. The van der Waals surface area contributed by atoms with Crippen molar-refractivity contribution in [2.45, 2.75) is 18.8 Å². The third-order valence-electron chi connectivity index (χ3n) is 4.92. The molecule has 0 bridgehead atoms. The minimum atomic E-state index is -1.39. The lowest BCUT2D eigenvalue weighted by atomic mass is 9.97. The van der Waals surface area contributed by atoms with E-state index in [1.54, 1.807) is 10.5 Å². The molecule has 6 nitrogen and oxygen atoms in total. The van der Waals surface area contributed by atoms with Crippen molar-refractivity contribution in [1.82, 2.24) is 9.38 Å². The molecule has 1 aromatic carbocycles. The van der Waals surface area contributed by atoms with Crippen molar-refractivity contribution in [2.24, 2.45) is 0 Å². The second kappa shape index (κ2) is 7.75. The van der Waals surface area contributed by atoms with Crippen molar-refractivity contribution in [3.63, 3.8) is 0 Å². The van der Waals surface area contributed by atoms with Gasteiger partial charge in [-0.3, -0.25) is 4.79 Å². The topological polar surface area (TPSA) is 64.9 Å². The summed E-state index contributed by atoms with van der Waals surface area (Å²) in [7, 11) is 1.38. The number of ether oxygens (including phenoxy) is 2. The number of hydrogen-bond acceptors (Lipinski definition) is 4. The van der Waals surface area contributed by atoms with Crippen LogP contribution in [0.25, 0.3) is 5.65 Å². The molecule has 0 aliphatic carbocycles. The van der Waals surface area contributed by atoms with Gasteiger partial charge in [0.2, 0.25) is 0 Å². The molecule has 29 heavy (non-hydrogen) atoms. The van der Waals surface area contributed by atoms with Gasteiger partial charge < -0.3 is 19.2 Å². The Labute approximate surface area is 164 Å². The summed E-state index contributed by atoms with van der Waals surface area (Å²) in [6.07, 6.45) is 5.04. The summed E-state index contributed by atoms with van der Waals surface area (Å²) in [5.74, 6) is -4.04. The summed E-state index contributed by atoms with van der Waals surface area (Å²) < 4.78 is 53.0. The van der Waals surface area contributed by atoms with E-state index < -0.39 is 29.0 Å². The summed E-state index contributed by atoms with van der Waals surface area (Å²) in [6, 6.07) is 2.70. The standard InChI is InChI=1S/C20H18F3N3O3/c1-28-17-8-18-24-16(11-2-4-29-5-3-11)10-26(18)9-13(17)20(27)25-15-7-12(21)6-14(22)19(15)23/h6-11H,2-5H2,1H3,(H,25,27). The average Bonchev–Trinajstić information content (AvgIpc) is 3.14. The minimum Gasteiger partial charge on any atom is -0.496 e. The molecule has 152 valence electrons. The predicted molar refractivity (Wildman–Crippen MR) is 98.8 cm³/mol. The first kappa shape index (κ1) is 19.3. The third-order valence-corrected chi connectivity index (χ3v) is 4.92. The summed E-state index contributed by atoms with van der Waals surface area (Å²) in [5.41, 5.74) is 0.942. The van der Waals surface area contributed by atoms with Gasteiger partial charge in [0.15, 0.2) is 11.6 Å².